The molecule has 0 aliphatic rings. The molecule has 0 aromatic heterocycles. The average molecular weight is 400 g/mol. The number of anilines is 1. The second-order valence-corrected chi connectivity index (χ2v) is 8.22. The Morgan fingerprint density at radius 3 is 1.87 bits per heavy atom. The van der Waals surface area contributed by atoms with Crippen LogP contribution in [0.3, 0.4) is 0 Å². The third kappa shape index (κ3) is 3.28. The van der Waals surface area contributed by atoms with Crippen LogP contribution < -0.4 is 4.72 Å². The highest BCUT2D eigenvalue weighted by molar-refractivity contribution is 9.10. The van der Waals surface area contributed by atoms with Gasteiger partial charge in [0, 0.05) is 4.47 Å². The molecule has 124 valence electrons. The van der Waals surface area contributed by atoms with Gasteiger partial charge >= 0.3 is 0 Å². The molecular weight excluding hydrogens is 381 g/mol. The predicted molar refractivity (Wildman–Crippen MR) is 95.0 cm³/mol. The largest absolute Gasteiger partial charge is 0.277 e. The van der Waals surface area contributed by atoms with E-state index in [2.05, 4.69) is 20.7 Å². The minimum atomic E-state index is -3.88. The van der Waals surface area contributed by atoms with E-state index in [0.717, 1.165) is 16.7 Å². The number of rotatable bonds is 3. The molecule has 0 unspecified atom stereocenters. The molecule has 0 bridgehead atoms. The summed E-state index contributed by atoms with van der Waals surface area (Å²) in [6.45, 7) is 9.33. The van der Waals surface area contributed by atoms with Crippen molar-refractivity contribution < 1.29 is 12.8 Å². The number of sulfonamides is 1. The second kappa shape index (κ2) is 6.24. The smallest absolute Gasteiger partial charge is 0.262 e. The number of halogens is 2. The molecule has 0 saturated carbocycles. The number of nitrogens with one attached hydrogen (secondary N) is 1. The minimum absolute atomic E-state index is 0.0668. The van der Waals surface area contributed by atoms with E-state index in [1.807, 2.05) is 20.8 Å². The summed E-state index contributed by atoms with van der Waals surface area (Å²) in [5.41, 5.74) is 4.26. The first-order valence-corrected chi connectivity index (χ1v) is 9.38. The van der Waals surface area contributed by atoms with Crippen LogP contribution in [-0.4, -0.2) is 8.42 Å². The Labute approximate surface area is 145 Å². The van der Waals surface area contributed by atoms with Crippen LogP contribution in [0.15, 0.2) is 27.6 Å². The van der Waals surface area contributed by atoms with Crippen LogP contribution in [0.25, 0.3) is 0 Å². The van der Waals surface area contributed by atoms with E-state index in [0.29, 0.717) is 15.6 Å². The summed E-state index contributed by atoms with van der Waals surface area (Å²) in [7, 11) is -3.88. The highest BCUT2D eigenvalue weighted by atomic mass is 79.9. The van der Waals surface area contributed by atoms with Gasteiger partial charge in [-0.15, -0.1) is 0 Å². The van der Waals surface area contributed by atoms with E-state index >= 15 is 0 Å². The first kappa shape index (κ1) is 17.9. The first-order valence-electron chi connectivity index (χ1n) is 7.11. The minimum Gasteiger partial charge on any atom is -0.277 e. The van der Waals surface area contributed by atoms with Gasteiger partial charge in [-0.1, -0.05) is 15.9 Å². The molecule has 3 nitrogen and oxygen atoms in total. The molecule has 0 fully saturated rings. The molecule has 0 amide bonds. The van der Waals surface area contributed by atoms with Crippen molar-refractivity contribution in [2.75, 3.05) is 4.72 Å². The topological polar surface area (TPSA) is 46.2 Å². The molecule has 0 atom stereocenters. The summed E-state index contributed by atoms with van der Waals surface area (Å²) in [5, 5.41) is 0. The van der Waals surface area contributed by atoms with Crippen molar-refractivity contribution in [1.29, 1.82) is 0 Å². The van der Waals surface area contributed by atoms with E-state index in [-0.39, 0.29) is 10.6 Å². The number of hydrogen-bond donors (Lipinski definition) is 1. The fraction of sp³-hybridized carbons (Fsp3) is 0.294. The van der Waals surface area contributed by atoms with E-state index < -0.39 is 15.8 Å². The predicted octanol–water partition coefficient (Wildman–Crippen LogP) is 4.93. The molecule has 6 heteroatoms. The summed E-state index contributed by atoms with van der Waals surface area (Å²) in [6.07, 6.45) is 0. The van der Waals surface area contributed by atoms with E-state index in [1.54, 1.807) is 19.9 Å². The van der Waals surface area contributed by atoms with Crippen LogP contribution in [0.4, 0.5) is 10.1 Å². The lowest BCUT2D eigenvalue weighted by Gasteiger charge is -2.19. The van der Waals surface area contributed by atoms with E-state index in [4.69, 9.17) is 0 Å². The molecular formula is C17H19BrFNO2S. The molecule has 23 heavy (non-hydrogen) atoms. The van der Waals surface area contributed by atoms with Gasteiger partial charge in [-0.3, -0.25) is 4.72 Å². The van der Waals surface area contributed by atoms with Crippen LogP contribution in [0, 0.1) is 40.4 Å². The standard InChI is InChI=1S/C17H19BrFNO2S/c1-9-10(2)12(4)17(13(5)11(9)3)23(21,22)20-16-7-6-14(18)8-15(16)19/h6-8,20H,1-5H3. The zero-order chi connectivity index (χ0) is 17.5. The van der Waals surface area contributed by atoms with E-state index in [1.165, 1.54) is 12.1 Å². The fourth-order valence-corrected chi connectivity index (χ4v) is 4.64. The maximum Gasteiger partial charge on any atom is 0.262 e. The lowest BCUT2D eigenvalue weighted by Crippen LogP contribution is -2.18. The van der Waals surface area contributed by atoms with Gasteiger partial charge in [0.2, 0.25) is 0 Å². The first-order chi connectivity index (χ1) is 10.6. The van der Waals surface area contributed by atoms with Crippen LogP contribution in [0.1, 0.15) is 27.8 Å². The number of benzene rings is 2. The molecule has 0 aliphatic heterocycles. The monoisotopic (exact) mass is 399 g/mol. The maximum atomic E-state index is 14.0. The van der Waals surface area contributed by atoms with Gasteiger partial charge in [-0.25, -0.2) is 12.8 Å². The Morgan fingerprint density at radius 1 is 0.913 bits per heavy atom. The van der Waals surface area contributed by atoms with Gasteiger partial charge < -0.3 is 0 Å². The molecule has 0 radical (unpaired) electrons. The van der Waals surface area contributed by atoms with Crippen molar-refractivity contribution >= 4 is 31.6 Å². The number of hydrogen-bond acceptors (Lipinski definition) is 2. The Kier molecular flexibility index (Phi) is 4.87. The van der Waals surface area contributed by atoms with Crippen LogP contribution in [0.5, 0.6) is 0 Å². The van der Waals surface area contributed by atoms with Crippen LogP contribution in [0.2, 0.25) is 0 Å². The average Bonchev–Trinajstić information content (AvgIpc) is 2.46. The Balaban J connectivity index is 2.61. The molecule has 2 aromatic rings. The summed E-state index contributed by atoms with van der Waals surface area (Å²) < 4.78 is 42.5. The van der Waals surface area contributed by atoms with Crippen LogP contribution >= 0.6 is 15.9 Å². The van der Waals surface area contributed by atoms with Gasteiger partial charge in [0.05, 0.1) is 10.6 Å². The van der Waals surface area contributed by atoms with Gasteiger partial charge in [-0.2, -0.15) is 0 Å². The lowest BCUT2D eigenvalue weighted by molar-refractivity contribution is 0.597. The van der Waals surface area contributed by atoms with Gasteiger partial charge in [0.15, 0.2) is 0 Å². The van der Waals surface area contributed by atoms with Crippen molar-refractivity contribution in [1.82, 2.24) is 0 Å². The van der Waals surface area contributed by atoms with Crippen molar-refractivity contribution in [3.8, 4) is 0 Å². The SMILES string of the molecule is Cc1c(C)c(C)c(S(=O)(=O)Nc2ccc(Br)cc2F)c(C)c1C. The molecule has 2 rings (SSSR count). The van der Waals surface area contributed by atoms with Crippen LogP contribution in [-0.2, 0) is 10.0 Å². The highest BCUT2D eigenvalue weighted by Crippen LogP contribution is 2.31. The third-order valence-corrected chi connectivity index (χ3v) is 6.51. The van der Waals surface area contributed by atoms with Crippen molar-refractivity contribution in [3.05, 3.63) is 56.3 Å². The van der Waals surface area contributed by atoms with Gasteiger partial charge in [-0.05, 0) is 80.6 Å². The Morgan fingerprint density at radius 2 is 1.39 bits per heavy atom. The molecule has 0 heterocycles. The Bertz CT molecular complexity index is 863. The molecule has 0 aliphatic carbocycles. The molecule has 0 spiro atoms. The maximum absolute atomic E-state index is 14.0. The lowest BCUT2D eigenvalue weighted by atomic mass is 9.95. The summed E-state index contributed by atoms with van der Waals surface area (Å²) >= 11 is 3.15. The van der Waals surface area contributed by atoms with Crippen molar-refractivity contribution in [2.45, 2.75) is 39.5 Å². The molecule has 1 N–H and O–H groups in total. The van der Waals surface area contributed by atoms with E-state index in [9.17, 15) is 12.8 Å². The zero-order valence-electron chi connectivity index (χ0n) is 13.7. The fourth-order valence-electron chi connectivity index (χ4n) is 2.64. The Hall–Kier alpha value is -1.40. The van der Waals surface area contributed by atoms with Crippen molar-refractivity contribution in [3.63, 3.8) is 0 Å². The van der Waals surface area contributed by atoms with Gasteiger partial charge in [0.25, 0.3) is 10.0 Å². The zero-order valence-corrected chi connectivity index (χ0v) is 16.1. The second-order valence-electron chi connectivity index (χ2n) is 5.68. The quantitative estimate of drug-likeness (QED) is 0.794. The van der Waals surface area contributed by atoms with Crippen molar-refractivity contribution in [2.24, 2.45) is 0 Å². The normalized spacial score (nSPS) is 11.6. The highest BCUT2D eigenvalue weighted by Gasteiger charge is 2.24. The third-order valence-electron chi connectivity index (χ3n) is 4.38. The summed E-state index contributed by atoms with van der Waals surface area (Å²) in [4.78, 5) is 0.223. The molecule has 2 aromatic carbocycles. The molecule has 0 saturated heterocycles. The van der Waals surface area contributed by atoms with Gasteiger partial charge in [0.1, 0.15) is 5.82 Å². The summed E-state index contributed by atoms with van der Waals surface area (Å²) in [5.74, 6) is -0.626. The summed E-state index contributed by atoms with van der Waals surface area (Å²) in [6, 6.07) is 4.21.